The van der Waals surface area contributed by atoms with E-state index in [2.05, 4.69) is 4.98 Å². The second kappa shape index (κ2) is 5.93. The Kier molecular flexibility index (Phi) is 4.45. The van der Waals surface area contributed by atoms with Gasteiger partial charge in [-0.25, -0.2) is 4.98 Å². The first-order valence-corrected chi connectivity index (χ1v) is 7.08. The van der Waals surface area contributed by atoms with E-state index in [4.69, 9.17) is 0 Å². The molecule has 0 aliphatic carbocycles. The predicted octanol–water partition coefficient (Wildman–Crippen LogP) is 0.406. The lowest BCUT2D eigenvalue weighted by Crippen LogP contribution is -2.54. The minimum absolute atomic E-state index is 0.0341. The first-order chi connectivity index (χ1) is 9.52. The zero-order valence-corrected chi connectivity index (χ0v) is 12.1. The summed E-state index contributed by atoms with van der Waals surface area (Å²) in [6.45, 7) is 2.81. The molecular formula is C14H23N3O3. The summed E-state index contributed by atoms with van der Waals surface area (Å²) in [6, 6.07) is 0. The van der Waals surface area contributed by atoms with Gasteiger partial charge in [0.2, 0.25) is 0 Å². The van der Waals surface area contributed by atoms with Crippen LogP contribution in [0.1, 0.15) is 36.7 Å². The maximum Gasteiger partial charge on any atom is 0.274 e. The number of aryl methyl sites for hydroxylation is 1. The first kappa shape index (κ1) is 15.0. The van der Waals surface area contributed by atoms with E-state index in [-0.39, 0.29) is 19.1 Å². The minimum atomic E-state index is -0.686. The van der Waals surface area contributed by atoms with Crippen LogP contribution in [0.25, 0.3) is 0 Å². The van der Waals surface area contributed by atoms with Gasteiger partial charge in [0, 0.05) is 31.7 Å². The highest BCUT2D eigenvalue weighted by Gasteiger charge is 2.42. The Hall–Kier alpha value is -1.40. The van der Waals surface area contributed by atoms with Gasteiger partial charge in [-0.3, -0.25) is 4.79 Å². The molecule has 112 valence electrons. The van der Waals surface area contributed by atoms with E-state index in [0.29, 0.717) is 18.7 Å². The third-order valence-electron chi connectivity index (χ3n) is 4.25. The number of amides is 1. The molecular weight excluding hydrogens is 258 g/mol. The molecule has 1 saturated heterocycles. The lowest BCUT2D eigenvalue weighted by atomic mass is 9.73. The molecule has 1 aromatic heterocycles. The largest absolute Gasteiger partial charge is 0.396 e. The normalized spacial score (nSPS) is 26.8. The van der Waals surface area contributed by atoms with Crippen LogP contribution in [-0.2, 0) is 7.05 Å². The molecule has 2 rings (SSSR count). The monoisotopic (exact) mass is 281 g/mol. The van der Waals surface area contributed by atoms with Gasteiger partial charge in [-0.1, -0.05) is 13.3 Å². The molecule has 1 fully saturated rings. The summed E-state index contributed by atoms with van der Waals surface area (Å²) < 4.78 is 1.72. The van der Waals surface area contributed by atoms with E-state index in [0.717, 1.165) is 12.8 Å². The van der Waals surface area contributed by atoms with Crippen molar-refractivity contribution in [2.75, 3.05) is 19.7 Å². The molecule has 2 atom stereocenters. The molecule has 6 nitrogen and oxygen atoms in total. The van der Waals surface area contributed by atoms with Crippen LogP contribution in [0.2, 0.25) is 0 Å². The summed E-state index contributed by atoms with van der Waals surface area (Å²) in [4.78, 5) is 18.0. The zero-order chi connectivity index (χ0) is 14.8. The Morgan fingerprint density at radius 3 is 2.85 bits per heavy atom. The fourth-order valence-corrected chi connectivity index (χ4v) is 2.94. The number of likely N-dealkylation sites (tertiary alicyclic amines) is 1. The molecule has 1 aliphatic heterocycles. The SMILES string of the molecule is CCC[C@]1(CO)CCN(C(=O)c2cn(C)cn2)C[C@H]1O. The van der Waals surface area contributed by atoms with Crippen LogP contribution >= 0.6 is 0 Å². The summed E-state index contributed by atoms with van der Waals surface area (Å²) in [5, 5.41) is 20.0. The second-order valence-electron chi connectivity index (χ2n) is 5.71. The van der Waals surface area contributed by atoms with Gasteiger partial charge in [-0.2, -0.15) is 0 Å². The number of aliphatic hydroxyl groups excluding tert-OH is 2. The van der Waals surface area contributed by atoms with Crippen LogP contribution in [0.15, 0.2) is 12.5 Å². The van der Waals surface area contributed by atoms with Crippen LogP contribution < -0.4 is 0 Å². The number of aromatic nitrogens is 2. The van der Waals surface area contributed by atoms with Crippen molar-refractivity contribution in [3.05, 3.63) is 18.2 Å². The average molecular weight is 281 g/mol. The minimum Gasteiger partial charge on any atom is -0.396 e. The fraction of sp³-hybridized carbons (Fsp3) is 0.714. The van der Waals surface area contributed by atoms with E-state index in [9.17, 15) is 15.0 Å². The van der Waals surface area contributed by atoms with E-state index >= 15 is 0 Å². The van der Waals surface area contributed by atoms with Gasteiger partial charge < -0.3 is 19.7 Å². The third kappa shape index (κ3) is 2.71. The second-order valence-corrected chi connectivity index (χ2v) is 5.71. The van der Waals surface area contributed by atoms with Crippen molar-refractivity contribution < 1.29 is 15.0 Å². The van der Waals surface area contributed by atoms with Crippen LogP contribution in [0.3, 0.4) is 0 Å². The number of hydrogen-bond acceptors (Lipinski definition) is 4. The standard InChI is InChI=1S/C14H23N3O3/c1-3-4-14(9-18)5-6-17(8-12(14)19)13(20)11-7-16(2)10-15-11/h7,10,12,18-19H,3-6,8-9H2,1-2H3/t12-,14-/m1/s1. The van der Waals surface area contributed by atoms with Crippen molar-refractivity contribution in [3.63, 3.8) is 0 Å². The average Bonchev–Trinajstić information content (AvgIpc) is 2.87. The number of nitrogens with zero attached hydrogens (tertiary/aromatic N) is 3. The molecule has 2 heterocycles. The predicted molar refractivity (Wildman–Crippen MR) is 74.2 cm³/mol. The maximum atomic E-state index is 12.3. The number of piperidine rings is 1. The number of carbonyl (C=O) groups is 1. The van der Waals surface area contributed by atoms with Gasteiger partial charge >= 0.3 is 0 Å². The van der Waals surface area contributed by atoms with E-state index in [1.807, 2.05) is 14.0 Å². The highest BCUT2D eigenvalue weighted by Crippen LogP contribution is 2.36. The van der Waals surface area contributed by atoms with E-state index < -0.39 is 11.5 Å². The third-order valence-corrected chi connectivity index (χ3v) is 4.25. The van der Waals surface area contributed by atoms with Crippen molar-refractivity contribution in [2.24, 2.45) is 12.5 Å². The molecule has 0 saturated carbocycles. The molecule has 0 radical (unpaired) electrons. The Morgan fingerprint density at radius 2 is 2.35 bits per heavy atom. The van der Waals surface area contributed by atoms with E-state index in [1.165, 1.54) is 0 Å². The number of aliphatic hydroxyl groups is 2. The van der Waals surface area contributed by atoms with Crippen molar-refractivity contribution in [2.45, 2.75) is 32.3 Å². The number of imidazole rings is 1. The highest BCUT2D eigenvalue weighted by molar-refractivity contribution is 5.92. The van der Waals surface area contributed by atoms with Crippen LogP contribution in [0.4, 0.5) is 0 Å². The van der Waals surface area contributed by atoms with Crippen molar-refractivity contribution in [1.82, 2.24) is 14.5 Å². The molecule has 0 bridgehead atoms. The van der Waals surface area contributed by atoms with Crippen molar-refractivity contribution >= 4 is 5.91 Å². The molecule has 20 heavy (non-hydrogen) atoms. The summed E-state index contributed by atoms with van der Waals surface area (Å²) in [5.41, 5.74) is -0.0676. The number of rotatable bonds is 4. The molecule has 0 spiro atoms. The Labute approximate surface area is 119 Å². The highest BCUT2D eigenvalue weighted by atomic mass is 16.3. The summed E-state index contributed by atoms with van der Waals surface area (Å²) in [5.74, 6) is -0.160. The Bertz CT molecular complexity index is 474. The number of carbonyl (C=O) groups excluding carboxylic acids is 1. The summed E-state index contributed by atoms with van der Waals surface area (Å²) in [6.07, 6.45) is 4.88. The fourth-order valence-electron chi connectivity index (χ4n) is 2.94. The molecule has 0 unspecified atom stereocenters. The lowest BCUT2D eigenvalue weighted by Gasteiger charge is -2.44. The molecule has 0 aromatic carbocycles. The number of β-amino-alcohol motifs (C(OH)–C–C–N with tert-alkyl or cyclic N) is 1. The lowest BCUT2D eigenvalue weighted by molar-refractivity contribution is -0.0714. The van der Waals surface area contributed by atoms with Crippen molar-refractivity contribution in [1.29, 1.82) is 0 Å². The van der Waals surface area contributed by atoms with Gasteiger partial charge in [0.25, 0.3) is 5.91 Å². The van der Waals surface area contributed by atoms with Gasteiger partial charge in [0.15, 0.2) is 0 Å². The molecule has 1 aliphatic rings. The van der Waals surface area contributed by atoms with Crippen LogP contribution in [-0.4, -0.2) is 56.4 Å². The summed E-state index contributed by atoms with van der Waals surface area (Å²) in [7, 11) is 1.81. The molecule has 2 N–H and O–H groups in total. The summed E-state index contributed by atoms with van der Waals surface area (Å²) >= 11 is 0. The Morgan fingerprint density at radius 1 is 1.60 bits per heavy atom. The first-order valence-electron chi connectivity index (χ1n) is 7.08. The smallest absolute Gasteiger partial charge is 0.274 e. The number of hydrogen-bond donors (Lipinski definition) is 2. The van der Waals surface area contributed by atoms with Crippen LogP contribution in [0.5, 0.6) is 0 Å². The molecule has 6 heteroatoms. The quantitative estimate of drug-likeness (QED) is 0.837. The van der Waals surface area contributed by atoms with Gasteiger partial charge in [0.1, 0.15) is 5.69 Å². The van der Waals surface area contributed by atoms with E-state index in [1.54, 1.807) is 22.0 Å². The maximum absolute atomic E-state index is 12.3. The molecule has 1 aromatic rings. The van der Waals surface area contributed by atoms with Gasteiger partial charge in [-0.05, 0) is 12.8 Å². The molecule has 1 amide bonds. The topological polar surface area (TPSA) is 78.6 Å². The van der Waals surface area contributed by atoms with Crippen LogP contribution in [0, 0.1) is 5.41 Å². The van der Waals surface area contributed by atoms with Gasteiger partial charge in [0.05, 0.1) is 19.0 Å². The van der Waals surface area contributed by atoms with Gasteiger partial charge in [-0.15, -0.1) is 0 Å². The Balaban J connectivity index is 2.07. The van der Waals surface area contributed by atoms with Crippen molar-refractivity contribution in [3.8, 4) is 0 Å². The zero-order valence-electron chi connectivity index (χ0n) is 12.1.